The molecular formula is C20H25N3O2. The summed E-state index contributed by atoms with van der Waals surface area (Å²) in [4.78, 5) is 6.75. The summed E-state index contributed by atoms with van der Waals surface area (Å²) in [7, 11) is 1.67. The smallest absolute Gasteiger partial charge is 0.161 e. The lowest BCUT2D eigenvalue weighted by Crippen LogP contribution is -2.45. The van der Waals surface area contributed by atoms with Crippen molar-refractivity contribution in [1.82, 2.24) is 15.2 Å². The molecule has 1 unspecified atom stereocenters. The Hall–Kier alpha value is -2.37. The van der Waals surface area contributed by atoms with Crippen molar-refractivity contribution in [2.45, 2.75) is 12.6 Å². The normalized spacial score (nSPS) is 17.9. The van der Waals surface area contributed by atoms with Crippen molar-refractivity contribution >= 4 is 0 Å². The second-order valence-corrected chi connectivity index (χ2v) is 6.06. The molecule has 0 saturated carbocycles. The van der Waals surface area contributed by atoms with Crippen LogP contribution in [0, 0.1) is 0 Å². The van der Waals surface area contributed by atoms with E-state index >= 15 is 0 Å². The van der Waals surface area contributed by atoms with Crippen molar-refractivity contribution in [2.75, 3.05) is 33.4 Å². The monoisotopic (exact) mass is 339 g/mol. The van der Waals surface area contributed by atoms with E-state index in [9.17, 15) is 0 Å². The summed E-state index contributed by atoms with van der Waals surface area (Å²) >= 11 is 0. The van der Waals surface area contributed by atoms with Crippen LogP contribution in [0.1, 0.15) is 17.2 Å². The standard InChI is InChI=1S/C20H25N3O2/c1-3-11-25-19-7-6-16(12-20(19)24-2)15-23-10-9-22-14-18(23)17-5-4-8-21-13-17/h3-8,12-13,18,22H,1,9-11,14-15H2,2H3. The van der Waals surface area contributed by atoms with Crippen LogP contribution in [0.15, 0.2) is 55.4 Å². The average molecular weight is 339 g/mol. The fraction of sp³-hybridized carbons (Fsp3) is 0.350. The van der Waals surface area contributed by atoms with Gasteiger partial charge in [-0.05, 0) is 29.3 Å². The first-order valence-corrected chi connectivity index (χ1v) is 8.57. The molecule has 1 aromatic carbocycles. The predicted molar refractivity (Wildman–Crippen MR) is 98.9 cm³/mol. The number of nitrogens with zero attached hydrogens (tertiary/aromatic N) is 2. The number of methoxy groups -OCH3 is 1. The quantitative estimate of drug-likeness (QED) is 0.786. The lowest BCUT2D eigenvalue weighted by Gasteiger charge is -2.36. The number of piperazine rings is 1. The highest BCUT2D eigenvalue weighted by atomic mass is 16.5. The van der Waals surface area contributed by atoms with Crippen LogP contribution in [-0.4, -0.2) is 43.2 Å². The highest BCUT2D eigenvalue weighted by Crippen LogP contribution is 2.30. The molecular weight excluding hydrogens is 314 g/mol. The van der Waals surface area contributed by atoms with Gasteiger partial charge in [-0.1, -0.05) is 24.8 Å². The molecule has 1 N–H and O–H groups in total. The second-order valence-electron chi connectivity index (χ2n) is 6.06. The zero-order chi connectivity index (χ0) is 17.5. The molecule has 1 atom stereocenters. The minimum absolute atomic E-state index is 0.324. The number of benzene rings is 1. The molecule has 3 rings (SSSR count). The molecule has 2 aromatic rings. The van der Waals surface area contributed by atoms with E-state index in [1.54, 1.807) is 13.2 Å². The number of hydrogen-bond acceptors (Lipinski definition) is 5. The van der Waals surface area contributed by atoms with Gasteiger partial charge in [-0.25, -0.2) is 0 Å². The van der Waals surface area contributed by atoms with Crippen LogP contribution >= 0.6 is 0 Å². The van der Waals surface area contributed by atoms with Crippen molar-refractivity contribution in [3.8, 4) is 11.5 Å². The molecule has 1 aliphatic heterocycles. The van der Waals surface area contributed by atoms with E-state index in [1.165, 1.54) is 11.1 Å². The molecule has 1 aromatic heterocycles. The second kappa shape index (κ2) is 8.65. The van der Waals surface area contributed by atoms with Gasteiger partial charge in [-0.3, -0.25) is 9.88 Å². The summed E-state index contributed by atoms with van der Waals surface area (Å²) in [5.74, 6) is 1.50. The molecule has 0 radical (unpaired) electrons. The Labute approximate surface area is 149 Å². The van der Waals surface area contributed by atoms with E-state index in [1.807, 2.05) is 24.5 Å². The van der Waals surface area contributed by atoms with Crippen molar-refractivity contribution < 1.29 is 9.47 Å². The van der Waals surface area contributed by atoms with Gasteiger partial charge in [-0.15, -0.1) is 0 Å². The van der Waals surface area contributed by atoms with E-state index in [4.69, 9.17) is 9.47 Å². The fourth-order valence-corrected chi connectivity index (χ4v) is 3.15. The minimum atomic E-state index is 0.324. The number of nitrogens with one attached hydrogen (secondary N) is 1. The Morgan fingerprint density at radius 2 is 2.28 bits per heavy atom. The SMILES string of the molecule is C=CCOc1ccc(CN2CCNCC2c2cccnc2)cc1OC. The zero-order valence-electron chi connectivity index (χ0n) is 14.6. The summed E-state index contributed by atoms with van der Waals surface area (Å²) in [6.07, 6.45) is 5.50. The van der Waals surface area contributed by atoms with E-state index in [2.05, 4.69) is 40.0 Å². The number of rotatable bonds is 7. The molecule has 25 heavy (non-hydrogen) atoms. The van der Waals surface area contributed by atoms with E-state index in [0.717, 1.165) is 37.7 Å². The van der Waals surface area contributed by atoms with Crippen LogP contribution in [0.3, 0.4) is 0 Å². The van der Waals surface area contributed by atoms with Gasteiger partial charge in [0.25, 0.3) is 0 Å². The topological polar surface area (TPSA) is 46.6 Å². The lowest BCUT2D eigenvalue weighted by atomic mass is 10.0. The third-order valence-electron chi connectivity index (χ3n) is 4.39. The van der Waals surface area contributed by atoms with Crippen LogP contribution in [0.5, 0.6) is 11.5 Å². The van der Waals surface area contributed by atoms with Crippen LogP contribution in [0.25, 0.3) is 0 Å². The highest BCUT2D eigenvalue weighted by molar-refractivity contribution is 5.43. The number of hydrogen-bond donors (Lipinski definition) is 1. The summed E-state index contributed by atoms with van der Waals surface area (Å²) < 4.78 is 11.1. The first kappa shape index (κ1) is 17.5. The Kier molecular flexibility index (Phi) is 6.04. The largest absolute Gasteiger partial charge is 0.493 e. The van der Waals surface area contributed by atoms with Gasteiger partial charge >= 0.3 is 0 Å². The van der Waals surface area contributed by atoms with Gasteiger partial charge in [0.2, 0.25) is 0 Å². The number of pyridine rings is 1. The first-order chi connectivity index (χ1) is 12.3. The average Bonchev–Trinajstić information content (AvgIpc) is 2.68. The molecule has 132 valence electrons. The zero-order valence-corrected chi connectivity index (χ0v) is 14.6. The van der Waals surface area contributed by atoms with Crippen molar-refractivity contribution in [1.29, 1.82) is 0 Å². The Morgan fingerprint density at radius 3 is 3.04 bits per heavy atom. The van der Waals surface area contributed by atoms with Crippen LogP contribution in [0.2, 0.25) is 0 Å². The molecule has 1 fully saturated rings. The third-order valence-corrected chi connectivity index (χ3v) is 4.39. The Morgan fingerprint density at radius 1 is 1.36 bits per heavy atom. The van der Waals surface area contributed by atoms with E-state index < -0.39 is 0 Å². The summed E-state index contributed by atoms with van der Waals surface area (Å²) in [6.45, 7) is 7.93. The highest BCUT2D eigenvalue weighted by Gasteiger charge is 2.24. The first-order valence-electron chi connectivity index (χ1n) is 8.57. The number of aromatic nitrogens is 1. The van der Waals surface area contributed by atoms with Gasteiger partial charge in [0.1, 0.15) is 6.61 Å². The van der Waals surface area contributed by atoms with Crippen LogP contribution in [-0.2, 0) is 6.54 Å². The molecule has 0 amide bonds. The van der Waals surface area contributed by atoms with E-state index in [0.29, 0.717) is 12.6 Å². The van der Waals surface area contributed by atoms with Gasteiger partial charge in [0.05, 0.1) is 7.11 Å². The lowest BCUT2D eigenvalue weighted by molar-refractivity contribution is 0.153. The van der Waals surface area contributed by atoms with Gasteiger partial charge in [0, 0.05) is 44.6 Å². The van der Waals surface area contributed by atoms with Crippen molar-refractivity contribution in [2.24, 2.45) is 0 Å². The van der Waals surface area contributed by atoms with Crippen LogP contribution in [0.4, 0.5) is 0 Å². The molecule has 0 bridgehead atoms. The maximum absolute atomic E-state index is 5.64. The van der Waals surface area contributed by atoms with Gasteiger partial charge in [0.15, 0.2) is 11.5 Å². The fourth-order valence-electron chi connectivity index (χ4n) is 3.15. The van der Waals surface area contributed by atoms with Crippen LogP contribution < -0.4 is 14.8 Å². The molecule has 1 saturated heterocycles. The number of ether oxygens (including phenoxy) is 2. The van der Waals surface area contributed by atoms with Crippen molar-refractivity contribution in [3.63, 3.8) is 0 Å². The summed E-state index contributed by atoms with van der Waals surface area (Å²) in [5, 5.41) is 3.48. The Bertz CT molecular complexity index is 691. The molecule has 2 heterocycles. The van der Waals surface area contributed by atoms with Gasteiger partial charge in [-0.2, -0.15) is 0 Å². The van der Waals surface area contributed by atoms with Crippen molar-refractivity contribution in [3.05, 3.63) is 66.5 Å². The molecule has 0 aliphatic carbocycles. The summed E-state index contributed by atoms with van der Waals surface area (Å²) in [6, 6.07) is 10.6. The summed E-state index contributed by atoms with van der Waals surface area (Å²) in [5.41, 5.74) is 2.45. The Balaban J connectivity index is 1.76. The minimum Gasteiger partial charge on any atom is -0.493 e. The molecule has 5 heteroatoms. The van der Waals surface area contributed by atoms with Gasteiger partial charge < -0.3 is 14.8 Å². The maximum atomic E-state index is 5.64. The predicted octanol–water partition coefficient (Wildman–Crippen LogP) is 2.80. The molecule has 5 nitrogen and oxygen atoms in total. The molecule has 1 aliphatic rings. The third kappa shape index (κ3) is 4.38. The van der Waals surface area contributed by atoms with E-state index in [-0.39, 0.29) is 0 Å². The maximum Gasteiger partial charge on any atom is 0.161 e. The molecule has 0 spiro atoms.